The highest BCUT2D eigenvalue weighted by Gasteiger charge is 2.31. The van der Waals surface area contributed by atoms with Crippen LogP contribution in [0, 0.1) is 0 Å². The van der Waals surface area contributed by atoms with Gasteiger partial charge in [0.25, 0.3) is 0 Å². The van der Waals surface area contributed by atoms with Crippen LogP contribution in [0.3, 0.4) is 0 Å². The van der Waals surface area contributed by atoms with Crippen LogP contribution >= 0.6 is 11.3 Å². The predicted molar refractivity (Wildman–Crippen MR) is 72.0 cm³/mol. The van der Waals surface area contributed by atoms with Crippen molar-refractivity contribution in [3.63, 3.8) is 0 Å². The third-order valence-electron chi connectivity index (χ3n) is 3.28. The van der Waals surface area contributed by atoms with Gasteiger partial charge in [0, 0.05) is 28.4 Å². The summed E-state index contributed by atoms with van der Waals surface area (Å²) in [5.41, 5.74) is 2.16. The molecule has 1 aliphatic heterocycles. The highest BCUT2D eigenvalue weighted by atomic mass is 32.1. The molecule has 1 nitrogen and oxygen atoms in total. The molecule has 0 amide bonds. The quantitative estimate of drug-likeness (QED) is 0.655. The molecule has 0 fully saturated rings. The Morgan fingerprint density at radius 3 is 2.12 bits per heavy atom. The first-order valence-electron chi connectivity index (χ1n) is 6.05. The topological polar surface area (TPSA) is 3.24 Å². The van der Waals surface area contributed by atoms with E-state index in [4.69, 9.17) is 0 Å². The van der Waals surface area contributed by atoms with Gasteiger partial charge < -0.3 is 0 Å². The van der Waals surface area contributed by atoms with Gasteiger partial charge >= 0.3 is 0 Å². The van der Waals surface area contributed by atoms with E-state index >= 15 is 0 Å². The zero-order valence-corrected chi connectivity index (χ0v) is 12.2. The average Bonchev–Trinajstić information content (AvgIpc) is 2.53. The van der Waals surface area contributed by atoms with Gasteiger partial charge in [-0.1, -0.05) is 20.8 Å². The zero-order valence-electron chi connectivity index (χ0n) is 11.3. The van der Waals surface area contributed by atoms with Crippen LogP contribution in [0.1, 0.15) is 56.9 Å². The summed E-state index contributed by atoms with van der Waals surface area (Å²) in [6.07, 6.45) is 0. The summed E-state index contributed by atoms with van der Waals surface area (Å²) in [6.45, 7) is 16.1. The van der Waals surface area contributed by atoms with Gasteiger partial charge in [0.15, 0.2) is 0 Å². The van der Waals surface area contributed by atoms with Crippen LogP contribution < -0.4 is 0 Å². The van der Waals surface area contributed by atoms with E-state index in [1.807, 2.05) is 11.3 Å². The van der Waals surface area contributed by atoms with E-state index in [0.29, 0.717) is 11.0 Å². The minimum atomic E-state index is 0.292. The first-order chi connectivity index (χ1) is 7.18. The molecule has 16 heavy (non-hydrogen) atoms. The Labute approximate surface area is 103 Å². The maximum absolute atomic E-state index is 2.56. The lowest BCUT2D eigenvalue weighted by Crippen LogP contribution is -2.36. The lowest BCUT2D eigenvalue weighted by molar-refractivity contribution is 0.137. The number of hydrogen-bond donors (Lipinski definition) is 0. The Kier molecular flexibility index (Phi) is 2.71. The smallest absolute Gasteiger partial charge is 0.0340 e. The Hall–Kier alpha value is -0.340. The van der Waals surface area contributed by atoms with Crippen molar-refractivity contribution in [2.24, 2.45) is 0 Å². The summed E-state index contributed by atoms with van der Waals surface area (Å²) >= 11 is 2.01. The van der Waals surface area contributed by atoms with E-state index in [1.54, 1.807) is 10.4 Å². The Bertz CT molecular complexity index is 366. The highest BCUT2D eigenvalue weighted by molar-refractivity contribution is 7.12. The average molecular weight is 237 g/mol. The van der Waals surface area contributed by atoms with Gasteiger partial charge in [-0.3, -0.25) is 4.90 Å². The van der Waals surface area contributed by atoms with Gasteiger partial charge in [-0.15, -0.1) is 11.3 Å². The van der Waals surface area contributed by atoms with E-state index < -0.39 is 0 Å². The molecule has 1 aromatic heterocycles. The van der Waals surface area contributed by atoms with Crippen LogP contribution in [0.15, 0.2) is 6.07 Å². The predicted octanol–water partition coefficient (Wildman–Crippen LogP) is 4.16. The zero-order chi connectivity index (χ0) is 12.1. The van der Waals surface area contributed by atoms with Gasteiger partial charge in [0.2, 0.25) is 0 Å². The summed E-state index contributed by atoms with van der Waals surface area (Å²) < 4.78 is 0. The summed E-state index contributed by atoms with van der Waals surface area (Å²) in [5.74, 6) is 0. The van der Waals surface area contributed by atoms with E-state index in [2.05, 4.69) is 52.5 Å². The first kappa shape index (κ1) is 12.1. The molecule has 0 N–H and O–H groups in total. The van der Waals surface area contributed by atoms with Gasteiger partial charge in [-0.25, -0.2) is 0 Å². The van der Waals surface area contributed by atoms with Crippen LogP contribution in [0.5, 0.6) is 0 Å². The van der Waals surface area contributed by atoms with Crippen molar-refractivity contribution < 1.29 is 0 Å². The van der Waals surface area contributed by atoms with Crippen molar-refractivity contribution in [1.82, 2.24) is 4.90 Å². The van der Waals surface area contributed by atoms with Crippen LogP contribution in [0.4, 0.5) is 0 Å². The second-order valence-corrected chi connectivity index (χ2v) is 7.97. The lowest BCUT2D eigenvalue weighted by atomic mass is 9.94. The molecule has 0 bridgehead atoms. The number of hydrogen-bond acceptors (Lipinski definition) is 2. The fourth-order valence-electron chi connectivity index (χ4n) is 2.01. The Morgan fingerprint density at radius 1 is 1.06 bits per heavy atom. The molecule has 2 heteroatoms. The number of thiophene rings is 1. The summed E-state index contributed by atoms with van der Waals surface area (Å²) in [6, 6.07) is 2.42. The first-order valence-corrected chi connectivity index (χ1v) is 6.87. The number of nitrogens with zero attached hydrogens (tertiary/aromatic N) is 1. The summed E-state index contributed by atoms with van der Waals surface area (Å²) in [4.78, 5) is 5.67. The van der Waals surface area contributed by atoms with Crippen LogP contribution in [0.25, 0.3) is 0 Å². The van der Waals surface area contributed by atoms with Crippen LogP contribution in [-0.2, 0) is 18.5 Å². The largest absolute Gasteiger partial charge is 0.289 e. The van der Waals surface area contributed by atoms with Gasteiger partial charge in [-0.2, -0.15) is 0 Å². The highest BCUT2D eigenvalue weighted by Crippen LogP contribution is 2.39. The Morgan fingerprint density at radius 2 is 1.69 bits per heavy atom. The third kappa shape index (κ3) is 2.18. The maximum atomic E-state index is 2.56. The van der Waals surface area contributed by atoms with E-state index in [1.165, 1.54) is 4.88 Å². The van der Waals surface area contributed by atoms with E-state index in [-0.39, 0.29) is 0 Å². The summed E-state index contributed by atoms with van der Waals surface area (Å²) in [7, 11) is 0. The fourth-order valence-corrected chi connectivity index (χ4v) is 3.26. The van der Waals surface area contributed by atoms with Crippen molar-refractivity contribution in [2.75, 3.05) is 0 Å². The SMILES string of the molecule is CC(C)(C)c1cc2c(s1)CN(C(C)(C)C)C2. The molecule has 0 aliphatic carbocycles. The van der Waals surface area contributed by atoms with Crippen LogP contribution in [0.2, 0.25) is 0 Å². The van der Waals surface area contributed by atoms with Crippen molar-refractivity contribution in [3.05, 3.63) is 21.4 Å². The molecule has 2 heterocycles. The molecule has 1 aromatic rings. The summed E-state index contributed by atoms with van der Waals surface area (Å²) in [5, 5.41) is 0. The lowest BCUT2D eigenvalue weighted by Gasteiger charge is -2.31. The molecular weight excluding hydrogens is 214 g/mol. The molecule has 0 saturated carbocycles. The number of rotatable bonds is 0. The van der Waals surface area contributed by atoms with Crippen molar-refractivity contribution in [2.45, 2.75) is 65.6 Å². The molecule has 90 valence electrons. The van der Waals surface area contributed by atoms with Crippen molar-refractivity contribution in [1.29, 1.82) is 0 Å². The van der Waals surface area contributed by atoms with Crippen LogP contribution in [-0.4, -0.2) is 10.4 Å². The maximum Gasteiger partial charge on any atom is 0.0340 e. The van der Waals surface area contributed by atoms with E-state index in [0.717, 1.165) is 13.1 Å². The second-order valence-electron chi connectivity index (χ2n) is 6.84. The molecule has 0 saturated heterocycles. The molecule has 0 radical (unpaired) electrons. The molecule has 0 spiro atoms. The Balaban J connectivity index is 2.21. The third-order valence-corrected chi connectivity index (χ3v) is 4.87. The molecule has 0 unspecified atom stereocenters. The number of fused-ring (bicyclic) bond motifs is 1. The molecule has 1 aliphatic rings. The van der Waals surface area contributed by atoms with Gasteiger partial charge in [0.1, 0.15) is 0 Å². The second kappa shape index (κ2) is 3.58. The molecular formula is C14H23NS. The standard InChI is InChI=1S/C14H23NS/c1-13(2,3)12-7-10-8-15(14(4,5)6)9-11(10)16-12/h7H,8-9H2,1-6H3. The minimum absolute atomic E-state index is 0.292. The minimum Gasteiger partial charge on any atom is -0.289 e. The molecule has 0 aromatic carbocycles. The van der Waals surface area contributed by atoms with Crippen molar-refractivity contribution in [3.8, 4) is 0 Å². The van der Waals surface area contributed by atoms with Gasteiger partial charge in [0.05, 0.1) is 0 Å². The fraction of sp³-hybridized carbons (Fsp3) is 0.714. The van der Waals surface area contributed by atoms with E-state index in [9.17, 15) is 0 Å². The molecule has 0 atom stereocenters. The monoisotopic (exact) mass is 237 g/mol. The molecule has 2 rings (SSSR count). The van der Waals surface area contributed by atoms with Gasteiger partial charge in [-0.05, 0) is 37.8 Å². The normalized spacial score (nSPS) is 17.9. The van der Waals surface area contributed by atoms with Crippen molar-refractivity contribution >= 4 is 11.3 Å².